The van der Waals surface area contributed by atoms with Crippen LogP contribution in [-0.4, -0.2) is 65.1 Å². The number of carboxylic acid groups (broad SMARTS) is 1. The van der Waals surface area contributed by atoms with E-state index in [0.717, 1.165) is 5.56 Å². The summed E-state index contributed by atoms with van der Waals surface area (Å²) in [6, 6.07) is 11.3. The minimum Gasteiger partial charge on any atom is -0.478 e. The molecule has 3 rings (SSSR count). The van der Waals surface area contributed by atoms with Crippen LogP contribution in [0.5, 0.6) is 0 Å². The van der Waals surface area contributed by atoms with E-state index in [0.29, 0.717) is 32.7 Å². The zero-order chi connectivity index (χ0) is 21.8. The molecule has 2 aromatic rings. The van der Waals surface area contributed by atoms with Gasteiger partial charge in [0.25, 0.3) is 0 Å². The maximum atomic E-state index is 12.6. The van der Waals surface area contributed by atoms with Gasteiger partial charge in [0.2, 0.25) is 20.0 Å². The monoisotopic (exact) mass is 454 g/mol. The molecule has 162 valence electrons. The van der Waals surface area contributed by atoms with E-state index in [4.69, 9.17) is 9.84 Å². The van der Waals surface area contributed by atoms with Crippen molar-refractivity contribution in [2.24, 2.45) is 0 Å². The lowest BCUT2D eigenvalue weighted by molar-refractivity contribution is 0.0696. The number of carbonyl (C=O) groups is 1. The van der Waals surface area contributed by atoms with Gasteiger partial charge in [-0.3, -0.25) is 0 Å². The fourth-order valence-corrected chi connectivity index (χ4v) is 5.39. The van der Waals surface area contributed by atoms with E-state index in [1.165, 1.54) is 40.7 Å². The van der Waals surface area contributed by atoms with Crippen LogP contribution in [0.3, 0.4) is 0 Å². The lowest BCUT2D eigenvalue weighted by Crippen LogP contribution is -2.40. The van der Waals surface area contributed by atoms with Crippen molar-refractivity contribution in [1.29, 1.82) is 0 Å². The van der Waals surface area contributed by atoms with Gasteiger partial charge in [0.05, 0.1) is 28.6 Å². The van der Waals surface area contributed by atoms with Crippen LogP contribution in [0.15, 0.2) is 58.3 Å². The molecule has 0 amide bonds. The number of aromatic carboxylic acids is 1. The van der Waals surface area contributed by atoms with Gasteiger partial charge in [0.15, 0.2) is 0 Å². The van der Waals surface area contributed by atoms with Crippen molar-refractivity contribution in [2.75, 3.05) is 32.8 Å². The Morgan fingerprint density at radius 1 is 0.933 bits per heavy atom. The fraction of sp³-hybridized carbons (Fsp3) is 0.316. The highest BCUT2D eigenvalue weighted by Crippen LogP contribution is 2.18. The maximum absolute atomic E-state index is 12.6. The summed E-state index contributed by atoms with van der Waals surface area (Å²) in [5, 5.41) is 8.88. The second-order valence-corrected chi connectivity index (χ2v) is 10.3. The van der Waals surface area contributed by atoms with Crippen molar-refractivity contribution < 1.29 is 31.5 Å². The number of benzene rings is 2. The minimum atomic E-state index is -3.78. The number of nitrogens with one attached hydrogen (secondary N) is 1. The van der Waals surface area contributed by atoms with E-state index in [9.17, 15) is 21.6 Å². The Morgan fingerprint density at radius 3 is 2.07 bits per heavy atom. The Kier molecular flexibility index (Phi) is 6.88. The normalized spacial score (nSPS) is 15.7. The average molecular weight is 455 g/mol. The molecule has 0 saturated carbocycles. The summed E-state index contributed by atoms with van der Waals surface area (Å²) in [6.45, 7) is 1.49. The van der Waals surface area contributed by atoms with Gasteiger partial charge in [-0.25, -0.2) is 26.4 Å². The summed E-state index contributed by atoms with van der Waals surface area (Å²) in [7, 11) is -7.34. The molecule has 11 heteroatoms. The Hall–Kier alpha value is -2.31. The molecule has 0 aliphatic carbocycles. The predicted octanol–water partition coefficient (Wildman–Crippen LogP) is 0.927. The number of sulfonamides is 2. The maximum Gasteiger partial charge on any atom is 0.335 e. The molecular weight excluding hydrogens is 432 g/mol. The first-order valence-electron chi connectivity index (χ1n) is 9.20. The van der Waals surface area contributed by atoms with Gasteiger partial charge in [0.1, 0.15) is 0 Å². The van der Waals surface area contributed by atoms with Crippen molar-refractivity contribution in [3.05, 3.63) is 59.7 Å². The molecule has 1 saturated heterocycles. The van der Waals surface area contributed by atoms with E-state index in [-0.39, 0.29) is 21.9 Å². The first-order valence-corrected chi connectivity index (χ1v) is 12.1. The fourth-order valence-electron chi connectivity index (χ4n) is 2.95. The molecule has 1 heterocycles. The lowest BCUT2D eigenvalue weighted by Gasteiger charge is -2.26. The Balaban J connectivity index is 1.59. The van der Waals surface area contributed by atoms with Gasteiger partial charge in [-0.1, -0.05) is 12.1 Å². The first kappa shape index (κ1) is 22.4. The number of morpholine rings is 1. The van der Waals surface area contributed by atoms with E-state index >= 15 is 0 Å². The highest BCUT2D eigenvalue weighted by molar-refractivity contribution is 7.89. The van der Waals surface area contributed by atoms with Crippen molar-refractivity contribution >= 4 is 26.0 Å². The van der Waals surface area contributed by atoms with Crippen LogP contribution in [-0.2, 0) is 31.2 Å². The Labute approximate surface area is 175 Å². The molecular formula is C19H22N2O7S2. The van der Waals surface area contributed by atoms with E-state index < -0.39 is 26.0 Å². The summed E-state index contributed by atoms with van der Waals surface area (Å²) in [5.41, 5.74) is 0.779. The van der Waals surface area contributed by atoms with E-state index in [2.05, 4.69) is 4.72 Å². The van der Waals surface area contributed by atoms with Crippen LogP contribution < -0.4 is 4.72 Å². The van der Waals surface area contributed by atoms with Crippen molar-refractivity contribution in [3.8, 4) is 0 Å². The van der Waals surface area contributed by atoms with Crippen LogP contribution >= 0.6 is 0 Å². The molecule has 2 N–H and O–H groups in total. The molecule has 0 bridgehead atoms. The van der Waals surface area contributed by atoms with Crippen molar-refractivity contribution in [3.63, 3.8) is 0 Å². The highest BCUT2D eigenvalue weighted by Gasteiger charge is 2.26. The average Bonchev–Trinajstić information content (AvgIpc) is 2.74. The van der Waals surface area contributed by atoms with Crippen LogP contribution in [0.25, 0.3) is 0 Å². The van der Waals surface area contributed by atoms with Crippen molar-refractivity contribution in [1.82, 2.24) is 9.03 Å². The third kappa shape index (κ3) is 5.24. The van der Waals surface area contributed by atoms with Crippen LogP contribution in [0.2, 0.25) is 0 Å². The summed E-state index contributed by atoms with van der Waals surface area (Å²) >= 11 is 0. The molecule has 0 atom stereocenters. The molecule has 2 aromatic carbocycles. The largest absolute Gasteiger partial charge is 0.478 e. The minimum absolute atomic E-state index is 0.000992. The smallest absolute Gasteiger partial charge is 0.335 e. The summed E-state index contributed by atoms with van der Waals surface area (Å²) < 4.78 is 58.9. The molecule has 0 aromatic heterocycles. The molecule has 9 nitrogen and oxygen atoms in total. The molecule has 30 heavy (non-hydrogen) atoms. The molecule has 1 fully saturated rings. The number of ether oxygens (including phenoxy) is 1. The lowest BCUT2D eigenvalue weighted by atomic mass is 10.2. The van der Waals surface area contributed by atoms with Gasteiger partial charge in [-0.15, -0.1) is 0 Å². The zero-order valence-electron chi connectivity index (χ0n) is 16.0. The van der Waals surface area contributed by atoms with E-state index in [1.807, 2.05) is 0 Å². The number of carboxylic acids is 1. The SMILES string of the molecule is O=C(O)c1ccc(S(=O)(=O)NCCc2ccc(S(=O)(=O)N3CCOCC3)cc2)cc1. The van der Waals surface area contributed by atoms with Gasteiger partial charge >= 0.3 is 5.97 Å². The van der Waals surface area contributed by atoms with Gasteiger partial charge in [0, 0.05) is 19.6 Å². The third-order valence-electron chi connectivity index (χ3n) is 4.65. The Morgan fingerprint density at radius 2 is 1.50 bits per heavy atom. The summed E-state index contributed by atoms with van der Waals surface area (Å²) in [6.07, 6.45) is 0.365. The first-order chi connectivity index (χ1) is 14.2. The molecule has 0 spiro atoms. The van der Waals surface area contributed by atoms with Gasteiger partial charge in [-0.2, -0.15) is 4.31 Å². The summed E-state index contributed by atoms with van der Waals surface area (Å²) in [4.78, 5) is 11.0. The van der Waals surface area contributed by atoms with Gasteiger partial charge < -0.3 is 9.84 Å². The number of nitrogens with zero attached hydrogens (tertiary/aromatic N) is 1. The van der Waals surface area contributed by atoms with Crippen LogP contribution in [0.1, 0.15) is 15.9 Å². The molecule has 0 unspecified atom stereocenters. The quantitative estimate of drug-likeness (QED) is 0.607. The third-order valence-corrected chi connectivity index (χ3v) is 8.04. The van der Waals surface area contributed by atoms with Crippen LogP contribution in [0, 0.1) is 0 Å². The number of hydrogen-bond donors (Lipinski definition) is 2. The summed E-state index contributed by atoms with van der Waals surface area (Å²) in [5.74, 6) is -1.13. The van der Waals surface area contributed by atoms with Crippen molar-refractivity contribution in [2.45, 2.75) is 16.2 Å². The topological polar surface area (TPSA) is 130 Å². The highest BCUT2D eigenvalue weighted by atomic mass is 32.2. The predicted molar refractivity (Wildman–Crippen MR) is 108 cm³/mol. The Bertz CT molecular complexity index is 1090. The second kappa shape index (κ2) is 9.23. The molecule has 0 radical (unpaired) electrons. The molecule has 1 aliphatic heterocycles. The standard InChI is InChI=1S/C19H22N2O7S2/c22-19(23)16-3-7-17(8-4-16)29(24,25)20-10-9-15-1-5-18(6-2-15)30(26,27)21-11-13-28-14-12-21/h1-8,20H,9-14H2,(H,22,23). The number of rotatable bonds is 8. The van der Waals surface area contributed by atoms with E-state index in [1.54, 1.807) is 12.1 Å². The zero-order valence-corrected chi connectivity index (χ0v) is 17.7. The molecule has 1 aliphatic rings. The van der Waals surface area contributed by atoms with Crippen LogP contribution in [0.4, 0.5) is 0 Å². The van der Waals surface area contributed by atoms with Gasteiger partial charge in [-0.05, 0) is 48.4 Å². The number of hydrogen-bond acceptors (Lipinski definition) is 6. The second-order valence-electron chi connectivity index (χ2n) is 6.64.